The van der Waals surface area contributed by atoms with Gasteiger partial charge in [0.25, 0.3) is 0 Å². The molecule has 1 aromatic carbocycles. The third-order valence-corrected chi connectivity index (χ3v) is 3.66. The molecular formula is C18H21N3O. The van der Waals surface area contributed by atoms with E-state index in [0.717, 1.165) is 41.4 Å². The van der Waals surface area contributed by atoms with Gasteiger partial charge in [-0.3, -0.25) is 0 Å². The molecule has 0 radical (unpaired) electrons. The van der Waals surface area contributed by atoms with E-state index >= 15 is 0 Å². The molecule has 114 valence electrons. The topological polar surface area (TPSA) is 52.5 Å². The van der Waals surface area contributed by atoms with Gasteiger partial charge < -0.3 is 14.9 Å². The Morgan fingerprint density at radius 2 is 1.91 bits per heavy atom. The summed E-state index contributed by atoms with van der Waals surface area (Å²) in [5.74, 6) is 0.888. The number of nitrogens with zero attached hydrogens (tertiary/aromatic N) is 2. The van der Waals surface area contributed by atoms with Crippen LogP contribution in [0.2, 0.25) is 0 Å². The van der Waals surface area contributed by atoms with Crippen molar-refractivity contribution < 1.29 is 4.74 Å². The van der Waals surface area contributed by atoms with E-state index in [-0.39, 0.29) is 0 Å². The van der Waals surface area contributed by atoms with Crippen molar-refractivity contribution in [1.29, 1.82) is 0 Å². The van der Waals surface area contributed by atoms with Crippen LogP contribution < -0.4 is 10.5 Å². The second-order valence-corrected chi connectivity index (χ2v) is 5.42. The Morgan fingerprint density at radius 3 is 2.59 bits per heavy atom. The largest absolute Gasteiger partial charge is 0.494 e. The van der Waals surface area contributed by atoms with Crippen LogP contribution in [0, 0.1) is 6.92 Å². The van der Waals surface area contributed by atoms with Crippen LogP contribution in [-0.2, 0) is 6.54 Å². The molecule has 4 nitrogen and oxygen atoms in total. The first-order valence-corrected chi connectivity index (χ1v) is 7.64. The normalized spacial score (nSPS) is 11.0. The molecule has 0 spiro atoms. The van der Waals surface area contributed by atoms with Crippen molar-refractivity contribution in [2.45, 2.75) is 26.8 Å². The van der Waals surface area contributed by atoms with Crippen molar-refractivity contribution in [3.63, 3.8) is 0 Å². The number of rotatable bonds is 5. The standard InChI is InChI=1S/C18H21N3O/c1-3-10-22-15-7-5-14(6-8-15)18-16(11-19)21-12-13(2)4-9-17(21)20-18/h4-9,12H,3,10-11,19H2,1-2H3. The number of ether oxygens (including phenoxy) is 1. The molecule has 4 heteroatoms. The van der Waals surface area contributed by atoms with Crippen molar-refractivity contribution in [1.82, 2.24) is 9.38 Å². The summed E-state index contributed by atoms with van der Waals surface area (Å²) in [6.07, 6.45) is 3.08. The molecule has 2 heterocycles. The van der Waals surface area contributed by atoms with Gasteiger partial charge in [0.15, 0.2) is 0 Å². The van der Waals surface area contributed by atoms with Gasteiger partial charge in [-0.15, -0.1) is 0 Å². The molecule has 2 aromatic heterocycles. The Hall–Kier alpha value is -2.33. The number of nitrogens with two attached hydrogens (primary N) is 1. The number of hydrogen-bond donors (Lipinski definition) is 1. The van der Waals surface area contributed by atoms with Crippen LogP contribution in [-0.4, -0.2) is 16.0 Å². The van der Waals surface area contributed by atoms with Crippen molar-refractivity contribution in [3.8, 4) is 17.0 Å². The molecule has 0 amide bonds. The minimum absolute atomic E-state index is 0.452. The molecular weight excluding hydrogens is 274 g/mol. The zero-order valence-electron chi connectivity index (χ0n) is 13.0. The van der Waals surface area contributed by atoms with Gasteiger partial charge in [0.2, 0.25) is 0 Å². The number of fused-ring (bicyclic) bond motifs is 1. The summed E-state index contributed by atoms with van der Waals surface area (Å²) < 4.78 is 7.70. The lowest BCUT2D eigenvalue weighted by Crippen LogP contribution is -2.02. The average Bonchev–Trinajstić information content (AvgIpc) is 2.91. The second-order valence-electron chi connectivity index (χ2n) is 5.42. The van der Waals surface area contributed by atoms with E-state index in [9.17, 15) is 0 Å². The summed E-state index contributed by atoms with van der Waals surface area (Å²) in [6, 6.07) is 12.1. The summed E-state index contributed by atoms with van der Waals surface area (Å²) >= 11 is 0. The quantitative estimate of drug-likeness (QED) is 0.783. The molecule has 0 aliphatic rings. The zero-order chi connectivity index (χ0) is 15.5. The van der Waals surface area contributed by atoms with Gasteiger partial charge >= 0.3 is 0 Å². The highest BCUT2D eigenvalue weighted by Crippen LogP contribution is 2.26. The van der Waals surface area contributed by atoms with Crippen molar-refractivity contribution in [2.75, 3.05) is 6.61 Å². The molecule has 0 fully saturated rings. The molecule has 3 aromatic rings. The molecule has 0 saturated carbocycles. The lowest BCUT2D eigenvalue weighted by Gasteiger charge is -2.06. The van der Waals surface area contributed by atoms with Crippen molar-refractivity contribution >= 4 is 5.65 Å². The summed E-state index contributed by atoms with van der Waals surface area (Å²) in [6.45, 7) is 5.36. The third kappa shape index (κ3) is 2.70. The van der Waals surface area contributed by atoms with Crippen LogP contribution in [0.1, 0.15) is 24.6 Å². The van der Waals surface area contributed by atoms with Gasteiger partial charge in [0.05, 0.1) is 18.0 Å². The maximum Gasteiger partial charge on any atom is 0.137 e. The maximum atomic E-state index is 5.96. The van der Waals surface area contributed by atoms with Crippen molar-refractivity contribution in [3.05, 3.63) is 53.9 Å². The highest BCUT2D eigenvalue weighted by Gasteiger charge is 2.12. The van der Waals surface area contributed by atoms with Crippen LogP contribution in [0.4, 0.5) is 0 Å². The van der Waals surface area contributed by atoms with Gasteiger partial charge in [-0.25, -0.2) is 4.98 Å². The summed E-state index contributed by atoms with van der Waals surface area (Å²) in [4.78, 5) is 4.73. The Balaban J connectivity index is 2.02. The maximum absolute atomic E-state index is 5.96. The van der Waals surface area contributed by atoms with E-state index in [4.69, 9.17) is 15.5 Å². The molecule has 2 N–H and O–H groups in total. The van der Waals surface area contributed by atoms with Gasteiger partial charge in [0.1, 0.15) is 11.4 Å². The predicted molar refractivity (Wildman–Crippen MR) is 89.0 cm³/mol. The van der Waals surface area contributed by atoms with Crippen LogP contribution in [0.15, 0.2) is 42.6 Å². The van der Waals surface area contributed by atoms with E-state index in [2.05, 4.69) is 30.5 Å². The number of benzene rings is 1. The van der Waals surface area contributed by atoms with Crippen LogP contribution in [0.25, 0.3) is 16.9 Å². The molecule has 3 rings (SSSR count). The number of hydrogen-bond acceptors (Lipinski definition) is 3. The number of aryl methyl sites for hydroxylation is 1. The Morgan fingerprint density at radius 1 is 1.14 bits per heavy atom. The van der Waals surface area contributed by atoms with Gasteiger partial charge in [0, 0.05) is 18.3 Å². The lowest BCUT2D eigenvalue weighted by atomic mass is 10.1. The van der Waals surface area contributed by atoms with E-state index in [1.807, 2.05) is 30.3 Å². The first-order chi connectivity index (χ1) is 10.7. The minimum Gasteiger partial charge on any atom is -0.494 e. The number of aromatic nitrogens is 2. The monoisotopic (exact) mass is 295 g/mol. The highest BCUT2D eigenvalue weighted by atomic mass is 16.5. The fourth-order valence-electron chi connectivity index (χ4n) is 2.55. The van der Waals surface area contributed by atoms with E-state index in [0.29, 0.717) is 6.54 Å². The molecule has 0 aliphatic carbocycles. The van der Waals surface area contributed by atoms with E-state index in [1.165, 1.54) is 5.56 Å². The Kier molecular flexibility index (Phi) is 4.11. The number of pyridine rings is 1. The average molecular weight is 295 g/mol. The minimum atomic E-state index is 0.452. The first kappa shape index (κ1) is 14.6. The molecule has 0 aliphatic heterocycles. The van der Waals surface area contributed by atoms with Crippen LogP contribution >= 0.6 is 0 Å². The Bertz CT molecular complexity index is 775. The van der Waals surface area contributed by atoms with Gasteiger partial charge in [-0.2, -0.15) is 0 Å². The molecule has 22 heavy (non-hydrogen) atoms. The molecule has 0 atom stereocenters. The Labute approximate surface area is 130 Å². The summed E-state index contributed by atoms with van der Waals surface area (Å²) in [5.41, 5.74) is 11.1. The van der Waals surface area contributed by atoms with E-state index < -0.39 is 0 Å². The lowest BCUT2D eigenvalue weighted by molar-refractivity contribution is 0.317. The first-order valence-electron chi connectivity index (χ1n) is 7.64. The van der Waals surface area contributed by atoms with Crippen molar-refractivity contribution in [2.24, 2.45) is 5.73 Å². The zero-order valence-corrected chi connectivity index (χ0v) is 13.0. The number of imidazole rings is 1. The predicted octanol–water partition coefficient (Wildman–Crippen LogP) is 3.56. The smallest absolute Gasteiger partial charge is 0.137 e. The molecule has 0 bridgehead atoms. The molecule has 0 unspecified atom stereocenters. The summed E-state index contributed by atoms with van der Waals surface area (Å²) in [7, 11) is 0. The van der Waals surface area contributed by atoms with Crippen LogP contribution in [0.3, 0.4) is 0 Å². The van der Waals surface area contributed by atoms with Gasteiger partial charge in [-0.05, 0) is 49.2 Å². The molecule has 0 saturated heterocycles. The van der Waals surface area contributed by atoms with E-state index in [1.54, 1.807) is 0 Å². The highest BCUT2D eigenvalue weighted by molar-refractivity contribution is 5.67. The van der Waals surface area contributed by atoms with Crippen LogP contribution in [0.5, 0.6) is 5.75 Å². The second kappa shape index (κ2) is 6.20. The fraction of sp³-hybridized carbons (Fsp3) is 0.278. The SMILES string of the molecule is CCCOc1ccc(-c2nc3ccc(C)cn3c2CN)cc1. The summed E-state index contributed by atoms with van der Waals surface area (Å²) in [5, 5.41) is 0. The third-order valence-electron chi connectivity index (χ3n) is 3.66. The van der Waals surface area contributed by atoms with Gasteiger partial charge in [-0.1, -0.05) is 13.0 Å². The fourth-order valence-corrected chi connectivity index (χ4v) is 2.55.